The molecule has 0 spiro atoms. The first-order chi connectivity index (χ1) is 5.36. The second-order valence-corrected chi connectivity index (χ2v) is 2.72. The lowest BCUT2D eigenvalue weighted by Gasteiger charge is -1.97. The SMILES string of the molecule is Cc1nc2n(n1)CCCCO2. The largest absolute Gasteiger partial charge is 0.464 e. The maximum atomic E-state index is 5.36. The predicted octanol–water partition coefficient (Wildman–Crippen LogP) is 0.759. The smallest absolute Gasteiger partial charge is 0.314 e. The van der Waals surface area contributed by atoms with Crippen molar-refractivity contribution in [2.24, 2.45) is 0 Å². The summed E-state index contributed by atoms with van der Waals surface area (Å²) >= 11 is 0. The lowest BCUT2D eigenvalue weighted by atomic mass is 10.3. The molecule has 1 aromatic rings. The van der Waals surface area contributed by atoms with Crippen molar-refractivity contribution in [3.8, 4) is 6.01 Å². The zero-order valence-electron chi connectivity index (χ0n) is 6.58. The van der Waals surface area contributed by atoms with Gasteiger partial charge in [-0.15, -0.1) is 0 Å². The van der Waals surface area contributed by atoms with Gasteiger partial charge in [0.25, 0.3) is 0 Å². The van der Waals surface area contributed by atoms with Crippen molar-refractivity contribution >= 4 is 0 Å². The molecule has 0 saturated heterocycles. The summed E-state index contributed by atoms with van der Waals surface area (Å²) in [5.74, 6) is 0.793. The molecule has 0 atom stereocenters. The fraction of sp³-hybridized carbons (Fsp3) is 0.714. The first-order valence-corrected chi connectivity index (χ1v) is 3.90. The molecule has 0 radical (unpaired) electrons. The molecule has 0 fully saturated rings. The Balaban J connectivity index is 2.32. The topological polar surface area (TPSA) is 39.9 Å². The molecule has 1 aliphatic rings. The molecular weight excluding hydrogens is 142 g/mol. The fourth-order valence-corrected chi connectivity index (χ4v) is 1.22. The van der Waals surface area contributed by atoms with Crippen LogP contribution >= 0.6 is 0 Å². The van der Waals surface area contributed by atoms with E-state index in [0.29, 0.717) is 6.01 Å². The van der Waals surface area contributed by atoms with Gasteiger partial charge < -0.3 is 4.74 Å². The van der Waals surface area contributed by atoms with Gasteiger partial charge in [0, 0.05) is 6.54 Å². The van der Waals surface area contributed by atoms with E-state index in [1.807, 2.05) is 11.6 Å². The van der Waals surface area contributed by atoms with E-state index in [4.69, 9.17) is 4.74 Å². The molecule has 0 amide bonds. The van der Waals surface area contributed by atoms with Crippen molar-refractivity contribution in [1.29, 1.82) is 0 Å². The Hall–Kier alpha value is -1.06. The second kappa shape index (κ2) is 2.53. The summed E-state index contributed by atoms with van der Waals surface area (Å²) in [6.07, 6.45) is 2.24. The Morgan fingerprint density at radius 2 is 2.36 bits per heavy atom. The van der Waals surface area contributed by atoms with Crippen molar-refractivity contribution in [2.45, 2.75) is 26.3 Å². The zero-order valence-corrected chi connectivity index (χ0v) is 6.58. The summed E-state index contributed by atoms with van der Waals surface area (Å²) in [6, 6.07) is 0.681. The summed E-state index contributed by atoms with van der Waals surface area (Å²) in [5, 5.41) is 4.19. The minimum atomic E-state index is 0.681. The van der Waals surface area contributed by atoms with Crippen LogP contribution in [0.3, 0.4) is 0 Å². The van der Waals surface area contributed by atoms with Gasteiger partial charge >= 0.3 is 6.01 Å². The van der Waals surface area contributed by atoms with Crippen LogP contribution in [-0.4, -0.2) is 21.4 Å². The van der Waals surface area contributed by atoms with E-state index in [0.717, 1.165) is 31.8 Å². The van der Waals surface area contributed by atoms with Crippen LogP contribution in [0.25, 0.3) is 0 Å². The molecule has 0 saturated carbocycles. The predicted molar refractivity (Wildman–Crippen MR) is 39.5 cm³/mol. The van der Waals surface area contributed by atoms with Crippen LogP contribution < -0.4 is 4.74 Å². The molecule has 0 bridgehead atoms. The van der Waals surface area contributed by atoms with Gasteiger partial charge in [-0.1, -0.05) is 0 Å². The number of fused-ring (bicyclic) bond motifs is 1. The molecule has 0 N–H and O–H groups in total. The quantitative estimate of drug-likeness (QED) is 0.552. The summed E-state index contributed by atoms with van der Waals surface area (Å²) in [5.41, 5.74) is 0. The Morgan fingerprint density at radius 1 is 1.45 bits per heavy atom. The third kappa shape index (κ3) is 1.20. The molecular formula is C7H11N3O. The van der Waals surface area contributed by atoms with Gasteiger partial charge in [-0.25, -0.2) is 4.68 Å². The van der Waals surface area contributed by atoms with Crippen LogP contribution in [0.1, 0.15) is 18.7 Å². The number of hydrogen-bond donors (Lipinski definition) is 0. The van der Waals surface area contributed by atoms with Crippen LogP contribution in [0, 0.1) is 6.92 Å². The third-order valence-corrected chi connectivity index (χ3v) is 1.74. The molecule has 0 unspecified atom stereocenters. The molecule has 2 heterocycles. The fourth-order valence-electron chi connectivity index (χ4n) is 1.22. The van der Waals surface area contributed by atoms with E-state index < -0.39 is 0 Å². The van der Waals surface area contributed by atoms with Crippen molar-refractivity contribution in [3.63, 3.8) is 0 Å². The van der Waals surface area contributed by atoms with Crippen molar-refractivity contribution in [1.82, 2.24) is 14.8 Å². The molecule has 4 nitrogen and oxygen atoms in total. The number of aromatic nitrogens is 3. The van der Waals surface area contributed by atoms with Crippen LogP contribution in [-0.2, 0) is 6.54 Å². The Labute approximate surface area is 65.2 Å². The number of aryl methyl sites for hydroxylation is 2. The summed E-state index contributed by atoms with van der Waals surface area (Å²) in [6.45, 7) is 3.60. The molecule has 60 valence electrons. The maximum Gasteiger partial charge on any atom is 0.314 e. The maximum absolute atomic E-state index is 5.36. The minimum absolute atomic E-state index is 0.681. The molecule has 0 aromatic carbocycles. The minimum Gasteiger partial charge on any atom is -0.464 e. The summed E-state index contributed by atoms with van der Waals surface area (Å²) < 4.78 is 7.19. The van der Waals surface area contributed by atoms with E-state index in [2.05, 4.69) is 10.1 Å². The molecule has 1 aliphatic heterocycles. The lowest BCUT2D eigenvalue weighted by Crippen LogP contribution is -2.00. The van der Waals surface area contributed by atoms with Gasteiger partial charge in [-0.3, -0.25) is 0 Å². The van der Waals surface area contributed by atoms with Gasteiger partial charge in [0.15, 0.2) is 5.82 Å². The third-order valence-electron chi connectivity index (χ3n) is 1.74. The standard InChI is InChI=1S/C7H11N3O/c1-6-8-7-10(9-6)4-2-3-5-11-7/h2-5H2,1H3. The molecule has 0 aliphatic carbocycles. The first kappa shape index (κ1) is 6.64. The van der Waals surface area contributed by atoms with Crippen LogP contribution in [0.5, 0.6) is 6.01 Å². The highest BCUT2D eigenvalue weighted by atomic mass is 16.5. The Kier molecular flexibility index (Phi) is 1.52. The highest BCUT2D eigenvalue weighted by Crippen LogP contribution is 2.12. The van der Waals surface area contributed by atoms with Gasteiger partial charge in [0.1, 0.15) is 0 Å². The van der Waals surface area contributed by atoms with Gasteiger partial charge in [-0.05, 0) is 19.8 Å². The number of hydrogen-bond acceptors (Lipinski definition) is 3. The van der Waals surface area contributed by atoms with Crippen molar-refractivity contribution < 1.29 is 4.74 Å². The highest BCUT2D eigenvalue weighted by Gasteiger charge is 2.10. The number of nitrogens with zero attached hydrogens (tertiary/aromatic N) is 3. The molecule has 11 heavy (non-hydrogen) atoms. The van der Waals surface area contributed by atoms with Crippen LogP contribution in [0.4, 0.5) is 0 Å². The molecule has 4 heteroatoms. The van der Waals surface area contributed by atoms with Gasteiger partial charge in [0.05, 0.1) is 6.61 Å². The van der Waals surface area contributed by atoms with Crippen molar-refractivity contribution in [2.75, 3.05) is 6.61 Å². The lowest BCUT2D eigenvalue weighted by molar-refractivity contribution is 0.292. The zero-order chi connectivity index (χ0) is 7.68. The Bertz CT molecular complexity index is 233. The monoisotopic (exact) mass is 153 g/mol. The van der Waals surface area contributed by atoms with Gasteiger partial charge in [-0.2, -0.15) is 10.1 Å². The van der Waals surface area contributed by atoms with Crippen molar-refractivity contribution in [3.05, 3.63) is 5.82 Å². The van der Waals surface area contributed by atoms with Crippen LogP contribution in [0.2, 0.25) is 0 Å². The van der Waals surface area contributed by atoms with E-state index in [1.165, 1.54) is 0 Å². The van der Waals surface area contributed by atoms with E-state index in [1.54, 1.807) is 0 Å². The number of rotatable bonds is 0. The van der Waals surface area contributed by atoms with Crippen LogP contribution in [0.15, 0.2) is 0 Å². The van der Waals surface area contributed by atoms with E-state index >= 15 is 0 Å². The second-order valence-electron chi connectivity index (χ2n) is 2.72. The average Bonchev–Trinajstić information content (AvgIpc) is 2.17. The highest BCUT2D eigenvalue weighted by molar-refractivity contribution is 4.97. The van der Waals surface area contributed by atoms with E-state index in [-0.39, 0.29) is 0 Å². The Morgan fingerprint density at radius 3 is 3.27 bits per heavy atom. The molecule has 2 rings (SSSR count). The summed E-state index contributed by atoms with van der Waals surface area (Å²) in [4.78, 5) is 4.14. The summed E-state index contributed by atoms with van der Waals surface area (Å²) in [7, 11) is 0. The molecule has 1 aromatic heterocycles. The van der Waals surface area contributed by atoms with Gasteiger partial charge in [0.2, 0.25) is 0 Å². The van der Waals surface area contributed by atoms with E-state index in [9.17, 15) is 0 Å². The normalized spacial score (nSPS) is 16.8. The average molecular weight is 153 g/mol. The first-order valence-electron chi connectivity index (χ1n) is 3.90. The number of ether oxygens (including phenoxy) is 1.